The lowest BCUT2D eigenvalue weighted by atomic mass is 9.69. The highest BCUT2D eigenvalue weighted by atomic mass is 16.5. The number of furan rings is 1. The number of hydrogen-bond donors (Lipinski definition) is 1. The van der Waals surface area contributed by atoms with Crippen LogP contribution in [-0.2, 0) is 4.79 Å². The molecule has 2 heterocycles. The van der Waals surface area contributed by atoms with Crippen molar-refractivity contribution >= 4 is 11.5 Å². The Morgan fingerprint density at radius 2 is 1.76 bits per heavy atom. The first kappa shape index (κ1) is 23.3. The second-order valence-electron chi connectivity index (χ2n) is 9.31. The fourth-order valence-corrected chi connectivity index (χ4v) is 4.89. The van der Waals surface area contributed by atoms with E-state index in [9.17, 15) is 10.1 Å². The molecule has 1 aromatic carbocycles. The number of methoxy groups -OCH3 is 3. The van der Waals surface area contributed by atoms with E-state index in [1.165, 1.54) is 21.3 Å². The Morgan fingerprint density at radius 1 is 1.12 bits per heavy atom. The summed E-state index contributed by atoms with van der Waals surface area (Å²) in [7, 11) is 4.59. The molecule has 2 aliphatic rings. The number of rotatable bonds is 5. The molecule has 1 aliphatic carbocycles. The number of allylic oxidation sites excluding steroid dienone is 3. The SMILES string of the molecule is COc1cc(N2C(N)=C(C#N)C(c3ccc(C)o3)C3=C2CC(C)(C)CC3=O)cc(OC)c1OC. The summed E-state index contributed by atoms with van der Waals surface area (Å²) in [4.78, 5) is 15.3. The second kappa shape index (κ2) is 8.49. The summed E-state index contributed by atoms with van der Waals surface area (Å²) in [5, 5.41) is 10.2. The number of nitrogens with zero attached hydrogens (tertiary/aromatic N) is 2. The zero-order valence-corrected chi connectivity index (χ0v) is 20.3. The summed E-state index contributed by atoms with van der Waals surface area (Å²) < 4.78 is 22.4. The fraction of sp³-hybridized carbons (Fsp3) is 0.385. The number of nitriles is 1. The monoisotopic (exact) mass is 463 g/mol. The van der Waals surface area contributed by atoms with Gasteiger partial charge in [-0.1, -0.05) is 13.8 Å². The molecule has 8 heteroatoms. The zero-order valence-electron chi connectivity index (χ0n) is 20.3. The molecule has 8 nitrogen and oxygen atoms in total. The largest absolute Gasteiger partial charge is 0.493 e. The summed E-state index contributed by atoms with van der Waals surface area (Å²) in [5.74, 6) is 2.10. The number of aryl methyl sites for hydroxylation is 1. The molecule has 1 aromatic heterocycles. The zero-order chi connectivity index (χ0) is 24.8. The molecule has 2 aromatic rings. The van der Waals surface area contributed by atoms with Gasteiger partial charge in [0, 0.05) is 29.8 Å². The van der Waals surface area contributed by atoms with Crippen LogP contribution in [0.2, 0.25) is 0 Å². The molecule has 0 amide bonds. The Hall–Kier alpha value is -3.86. The first-order valence-electron chi connectivity index (χ1n) is 11.0. The van der Waals surface area contributed by atoms with Crippen LogP contribution in [0.15, 0.2) is 51.3 Å². The van der Waals surface area contributed by atoms with E-state index in [-0.39, 0.29) is 22.6 Å². The van der Waals surface area contributed by atoms with Crippen molar-refractivity contribution < 1.29 is 23.4 Å². The van der Waals surface area contributed by atoms with Gasteiger partial charge in [0.25, 0.3) is 0 Å². The van der Waals surface area contributed by atoms with Gasteiger partial charge in [-0.05, 0) is 30.9 Å². The number of benzene rings is 1. The molecule has 178 valence electrons. The number of carbonyl (C=O) groups excluding carboxylic acids is 1. The van der Waals surface area contributed by atoms with E-state index >= 15 is 0 Å². The van der Waals surface area contributed by atoms with Crippen LogP contribution in [0.25, 0.3) is 0 Å². The lowest BCUT2D eigenvalue weighted by Gasteiger charge is -2.43. The average molecular weight is 464 g/mol. The Balaban J connectivity index is 2.02. The van der Waals surface area contributed by atoms with Gasteiger partial charge in [0.2, 0.25) is 5.75 Å². The number of nitrogens with two attached hydrogens (primary N) is 1. The van der Waals surface area contributed by atoms with Gasteiger partial charge in [-0.3, -0.25) is 9.69 Å². The van der Waals surface area contributed by atoms with Gasteiger partial charge in [-0.2, -0.15) is 5.26 Å². The van der Waals surface area contributed by atoms with E-state index < -0.39 is 5.92 Å². The average Bonchev–Trinajstić information content (AvgIpc) is 3.22. The minimum Gasteiger partial charge on any atom is -0.493 e. The third-order valence-corrected chi connectivity index (χ3v) is 6.33. The number of hydrogen-bond acceptors (Lipinski definition) is 8. The van der Waals surface area contributed by atoms with Crippen LogP contribution in [0.3, 0.4) is 0 Å². The van der Waals surface area contributed by atoms with Crippen LogP contribution in [0.1, 0.15) is 44.1 Å². The van der Waals surface area contributed by atoms with E-state index in [1.807, 2.05) is 26.8 Å². The molecule has 1 atom stereocenters. The van der Waals surface area contributed by atoms with Gasteiger partial charge in [-0.25, -0.2) is 0 Å². The minimum atomic E-state index is -0.657. The number of ether oxygens (including phenoxy) is 3. The highest BCUT2D eigenvalue weighted by Crippen LogP contribution is 2.52. The second-order valence-corrected chi connectivity index (χ2v) is 9.31. The quantitative estimate of drug-likeness (QED) is 0.687. The van der Waals surface area contributed by atoms with E-state index in [1.54, 1.807) is 23.1 Å². The smallest absolute Gasteiger partial charge is 0.203 e. The molecule has 1 aliphatic heterocycles. The molecule has 0 spiro atoms. The predicted octanol–water partition coefficient (Wildman–Crippen LogP) is 4.55. The number of ketones is 1. The van der Waals surface area contributed by atoms with E-state index in [0.717, 1.165) is 5.70 Å². The first-order valence-corrected chi connectivity index (χ1v) is 11.0. The molecule has 0 saturated heterocycles. The maximum atomic E-state index is 13.6. The van der Waals surface area contributed by atoms with E-state index in [2.05, 4.69) is 6.07 Å². The molecule has 0 fully saturated rings. The Kier molecular flexibility index (Phi) is 5.82. The van der Waals surface area contributed by atoms with Crippen molar-refractivity contribution in [3.8, 4) is 23.3 Å². The molecular formula is C26H29N3O5. The van der Waals surface area contributed by atoms with Gasteiger partial charge in [0.15, 0.2) is 17.3 Å². The normalized spacial score (nSPS) is 19.6. The van der Waals surface area contributed by atoms with E-state index in [0.29, 0.717) is 52.9 Å². The first-order chi connectivity index (χ1) is 16.1. The fourth-order valence-electron chi connectivity index (χ4n) is 4.89. The van der Waals surface area contributed by atoms with Gasteiger partial charge < -0.3 is 24.4 Å². The number of anilines is 1. The molecule has 0 bridgehead atoms. The maximum absolute atomic E-state index is 13.6. The van der Waals surface area contributed by atoms with Crippen molar-refractivity contribution in [3.63, 3.8) is 0 Å². The molecule has 0 saturated carbocycles. The Labute approximate surface area is 199 Å². The standard InChI is InChI=1S/C26H29N3O5/c1-14-7-8-19(34-14)22-16(13-27)25(28)29(17-11-26(2,3)12-18(30)23(17)22)15-9-20(31-4)24(33-6)21(10-15)32-5/h7-10,22H,11-12,28H2,1-6H3. The van der Waals surface area contributed by atoms with Gasteiger partial charge in [-0.15, -0.1) is 0 Å². The third-order valence-electron chi connectivity index (χ3n) is 6.33. The van der Waals surface area contributed by atoms with Crippen molar-refractivity contribution in [2.24, 2.45) is 11.1 Å². The van der Waals surface area contributed by atoms with Gasteiger partial charge >= 0.3 is 0 Å². The van der Waals surface area contributed by atoms with Crippen LogP contribution in [0.5, 0.6) is 17.2 Å². The highest BCUT2D eigenvalue weighted by Gasteiger charge is 2.46. The van der Waals surface area contributed by atoms with Crippen LogP contribution in [-0.4, -0.2) is 27.1 Å². The lowest BCUT2D eigenvalue weighted by Crippen LogP contribution is -2.42. The lowest BCUT2D eigenvalue weighted by molar-refractivity contribution is -0.118. The van der Waals surface area contributed by atoms with Crippen molar-refractivity contribution in [2.45, 2.75) is 39.5 Å². The molecular weight excluding hydrogens is 434 g/mol. The highest BCUT2D eigenvalue weighted by molar-refractivity contribution is 6.01. The maximum Gasteiger partial charge on any atom is 0.203 e. The summed E-state index contributed by atoms with van der Waals surface area (Å²) in [6, 6.07) is 9.39. The van der Waals surface area contributed by atoms with Crippen LogP contribution >= 0.6 is 0 Å². The summed E-state index contributed by atoms with van der Waals surface area (Å²) in [5.41, 5.74) is 8.53. The van der Waals surface area contributed by atoms with E-state index in [4.69, 9.17) is 24.4 Å². The van der Waals surface area contributed by atoms with Crippen LogP contribution in [0.4, 0.5) is 5.69 Å². The summed E-state index contributed by atoms with van der Waals surface area (Å²) in [6.07, 6.45) is 0.948. The van der Waals surface area contributed by atoms with Crippen molar-refractivity contribution in [1.82, 2.24) is 0 Å². The Morgan fingerprint density at radius 3 is 2.26 bits per heavy atom. The van der Waals surface area contributed by atoms with Crippen LogP contribution in [0, 0.1) is 23.7 Å². The molecule has 0 radical (unpaired) electrons. The predicted molar refractivity (Wildman–Crippen MR) is 127 cm³/mol. The third kappa shape index (κ3) is 3.67. The molecule has 1 unspecified atom stereocenters. The molecule has 4 rings (SSSR count). The van der Waals surface area contributed by atoms with Crippen molar-refractivity contribution in [3.05, 3.63) is 58.5 Å². The summed E-state index contributed by atoms with van der Waals surface area (Å²) >= 11 is 0. The number of Topliss-reactive ketones (excluding diaryl/α,β-unsaturated/α-hetero) is 1. The molecule has 34 heavy (non-hydrogen) atoms. The minimum absolute atomic E-state index is 0.0250. The van der Waals surface area contributed by atoms with Gasteiger partial charge in [0.05, 0.1) is 44.6 Å². The topological polar surface area (TPSA) is 111 Å². The number of carbonyl (C=O) groups is 1. The molecule has 2 N–H and O–H groups in total. The van der Waals surface area contributed by atoms with Crippen molar-refractivity contribution in [1.29, 1.82) is 5.26 Å². The van der Waals surface area contributed by atoms with Crippen molar-refractivity contribution in [2.75, 3.05) is 26.2 Å². The van der Waals surface area contributed by atoms with Crippen LogP contribution < -0.4 is 24.8 Å². The van der Waals surface area contributed by atoms with Gasteiger partial charge in [0.1, 0.15) is 17.3 Å². The summed E-state index contributed by atoms with van der Waals surface area (Å²) in [6.45, 7) is 5.93. The Bertz CT molecular complexity index is 1240.